The van der Waals surface area contributed by atoms with Crippen LogP contribution >= 0.6 is 11.6 Å². The van der Waals surface area contributed by atoms with Crippen LogP contribution in [0, 0.1) is 0 Å². The van der Waals surface area contributed by atoms with Gasteiger partial charge in [0.2, 0.25) is 5.91 Å². The molecule has 176 valence electrons. The minimum atomic E-state index is -0.107. The summed E-state index contributed by atoms with van der Waals surface area (Å²) in [7, 11) is 1.61. The fraction of sp³-hybridized carbons (Fsp3) is 0.269. The van der Waals surface area contributed by atoms with Crippen LogP contribution in [0.1, 0.15) is 22.3 Å². The molecule has 0 aliphatic carbocycles. The van der Waals surface area contributed by atoms with Crippen molar-refractivity contribution in [2.24, 2.45) is 0 Å². The second kappa shape index (κ2) is 11.0. The van der Waals surface area contributed by atoms with Crippen molar-refractivity contribution in [3.63, 3.8) is 0 Å². The van der Waals surface area contributed by atoms with E-state index in [1.165, 1.54) is 0 Å². The lowest BCUT2D eigenvalue weighted by Gasteiger charge is -2.23. The number of halogens is 1. The molecule has 7 nitrogen and oxygen atoms in total. The van der Waals surface area contributed by atoms with Gasteiger partial charge >= 0.3 is 0 Å². The van der Waals surface area contributed by atoms with Crippen LogP contribution in [0.25, 0.3) is 0 Å². The van der Waals surface area contributed by atoms with E-state index >= 15 is 0 Å². The van der Waals surface area contributed by atoms with Crippen LogP contribution in [0.4, 0.5) is 11.5 Å². The van der Waals surface area contributed by atoms with Crippen molar-refractivity contribution in [3.8, 4) is 5.75 Å². The monoisotopic (exact) mass is 478 g/mol. The number of nitrogens with one attached hydrogen (secondary N) is 1. The zero-order valence-electron chi connectivity index (χ0n) is 19.0. The number of carbonyl (C=O) groups excluding carboxylic acids is 2. The summed E-state index contributed by atoms with van der Waals surface area (Å²) in [5, 5.41) is 3.45. The van der Waals surface area contributed by atoms with E-state index in [1.807, 2.05) is 41.3 Å². The number of rotatable bonds is 6. The van der Waals surface area contributed by atoms with E-state index in [2.05, 4.69) is 15.2 Å². The zero-order chi connectivity index (χ0) is 23.9. The molecule has 1 fully saturated rings. The van der Waals surface area contributed by atoms with Crippen LogP contribution in [-0.2, 0) is 11.2 Å². The van der Waals surface area contributed by atoms with Gasteiger partial charge in [-0.15, -0.1) is 0 Å². The van der Waals surface area contributed by atoms with Crippen LogP contribution in [0.3, 0.4) is 0 Å². The van der Waals surface area contributed by atoms with Crippen LogP contribution in [0.5, 0.6) is 5.75 Å². The number of hydrogen-bond acceptors (Lipinski definition) is 5. The molecule has 0 atom stereocenters. The molecule has 1 aliphatic heterocycles. The first kappa shape index (κ1) is 23.6. The Morgan fingerprint density at radius 2 is 1.85 bits per heavy atom. The highest BCUT2D eigenvalue weighted by Gasteiger charge is 2.21. The van der Waals surface area contributed by atoms with Gasteiger partial charge in [-0.25, -0.2) is 4.98 Å². The lowest BCUT2D eigenvalue weighted by molar-refractivity contribution is -0.115. The molecule has 2 heterocycles. The molecular formula is C26H27ClN4O3. The van der Waals surface area contributed by atoms with Crippen LogP contribution in [0.2, 0.25) is 5.02 Å². The molecule has 2 amide bonds. The third-order valence-electron chi connectivity index (χ3n) is 5.73. The van der Waals surface area contributed by atoms with E-state index < -0.39 is 0 Å². The molecule has 1 aliphatic rings. The number of pyridine rings is 1. The fourth-order valence-electron chi connectivity index (χ4n) is 3.93. The summed E-state index contributed by atoms with van der Waals surface area (Å²) < 4.78 is 5.14. The van der Waals surface area contributed by atoms with Crippen molar-refractivity contribution in [2.45, 2.75) is 12.8 Å². The molecule has 1 aromatic heterocycles. The molecule has 34 heavy (non-hydrogen) atoms. The topological polar surface area (TPSA) is 74.8 Å². The molecule has 3 aromatic rings. The Kier molecular flexibility index (Phi) is 7.65. The number of anilines is 2. The van der Waals surface area contributed by atoms with Crippen molar-refractivity contribution in [2.75, 3.05) is 43.5 Å². The number of amides is 2. The third kappa shape index (κ3) is 6.05. The highest BCUT2D eigenvalue weighted by Crippen LogP contribution is 2.19. The second-order valence-electron chi connectivity index (χ2n) is 8.12. The number of carbonyl (C=O) groups is 2. The predicted molar refractivity (Wildman–Crippen MR) is 134 cm³/mol. The normalized spacial score (nSPS) is 13.8. The van der Waals surface area contributed by atoms with Gasteiger partial charge in [-0.3, -0.25) is 9.59 Å². The summed E-state index contributed by atoms with van der Waals surface area (Å²) >= 11 is 6.04. The molecule has 0 saturated carbocycles. The minimum absolute atomic E-state index is 0.00719. The van der Waals surface area contributed by atoms with Crippen molar-refractivity contribution in [1.82, 2.24) is 9.88 Å². The SMILES string of the molecule is COc1ccc(CC(=O)Nc2ccc(N3CCCN(C(=O)c4cccc(Cl)c4)CC3)nc2)cc1. The molecule has 8 heteroatoms. The van der Waals surface area contributed by atoms with Crippen molar-refractivity contribution >= 4 is 34.9 Å². The molecular weight excluding hydrogens is 452 g/mol. The molecule has 0 radical (unpaired) electrons. The fourth-order valence-corrected chi connectivity index (χ4v) is 4.13. The molecule has 2 aromatic carbocycles. The molecule has 0 bridgehead atoms. The lowest BCUT2D eigenvalue weighted by atomic mass is 10.1. The van der Waals surface area contributed by atoms with Gasteiger partial charge in [-0.2, -0.15) is 0 Å². The lowest BCUT2D eigenvalue weighted by Crippen LogP contribution is -2.35. The molecule has 0 unspecified atom stereocenters. The summed E-state index contributed by atoms with van der Waals surface area (Å²) in [5.74, 6) is 1.47. The number of hydrogen-bond donors (Lipinski definition) is 1. The highest BCUT2D eigenvalue weighted by molar-refractivity contribution is 6.30. The average Bonchev–Trinajstić information content (AvgIpc) is 3.11. The van der Waals surface area contributed by atoms with Gasteiger partial charge in [0, 0.05) is 36.8 Å². The van der Waals surface area contributed by atoms with Crippen LogP contribution < -0.4 is 15.0 Å². The number of nitrogens with zero attached hydrogens (tertiary/aromatic N) is 3. The van der Waals surface area contributed by atoms with E-state index in [1.54, 1.807) is 37.6 Å². The largest absolute Gasteiger partial charge is 0.497 e. The maximum absolute atomic E-state index is 12.8. The van der Waals surface area contributed by atoms with Crippen molar-refractivity contribution < 1.29 is 14.3 Å². The first-order chi connectivity index (χ1) is 16.5. The number of aromatic nitrogens is 1. The van der Waals surface area contributed by atoms with E-state index in [0.717, 1.165) is 30.1 Å². The molecule has 0 spiro atoms. The summed E-state index contributed by atoms with van der Waals surface area (Å²) in [6, 6.07) is 18.2. The van der Waals surface area contributed by atoms with Gasteiger partial charge < -0.3 is 19.9 Å². The summed E-state index contributed by atoms with van der Waals surface area (Å²) in [4.78, 5) is 33.8. The number of benzene rings is 2. The van der Waals surface area contributed by atoms with Gasteiger partial charge in [0.25, 0.3) is 5.91 Å². The van der Waals surface area contributed by atoms with Gasteiger partial charge in [0.15, 0.2) is 0 Å². The van der Waals surface area contributed by atoms with Crippen molar-refractivity contribution in [1.29, 1.82) is 0 Å². The Bertz CT molecular complexity index is 1140. The van der Waals surface area contributed by atoms with Crippen molar-refractivity contribution in [3.05, 3.63) is 83.0 Å². The Morgan fingerprint density at radius 1 is 1.03 bits per heavy atom. The van der Waals surface area contributed by atoms with Gasteiger partial charge in [-0.05, 0) is 54.4 Å². The predicted octanol–water partition coefficient (Wildman–Crippen LogP) is 4.28. The molecule has 1 N–H and O–H groups in total. The molecule has 4 rings (SSSR count). The minimum Gasteiger partial charge on any atom is -0.497 e. The maximum atomic E-state index is 12.8. The van der Waals surface area contributed by atoms with E-state index in [9.17, 15) is 9.59 Å². The highest BCUT2D eigenvalue weighted by atomic mass is 35.5. The van der Waals surface area contributed by atoms with Gasteiger partial charge in [0.1, 0.15) is 11.6 Å². The third-order valence-corrected chi connectivity index (χ3v) is 5.97. The Labute approximate surface area is 204 Å². The number of methoxy groups -OCH3 is 1. The summed E-state index contributed by atoms with van der Waals surface area (Å²) in [6.07, 6.45) is 2.78. The summed E-state index contributed by atoms with van der Waals surface area (Å²) in [5.41, 5.74) is 2.16. The van der Waals surface area contributed by atoms with Gasteiger partial charge in [-0.1, -0.05) is 29.8 Å². The van der Waals surface area contributed by atoms with E-state index in [4.69, 9.17) is 16.3 Å². The second-order valence-corrected chi connectivity index (χ2v) is 8.56. The first-order valence-electron chi connectivity index (χ1n) is 11.2. The quantitative estimate of drug-likeness (QED) is 0.572. The Balaban J connectivity index is 1.31. The van der Waals surface area contributed by atoms with Crippen LogP contribution in [0.15, 0.2) is 66.9 Å². The molecule has 1 saturated heterocycles. The first-order valence-corrected chi connectivity index (χ1v) is 11.6. The van der Waals surface area contributed by atoms with E-state index in [0.29, 0.717) is 35.9 Å². The average molecular weight is 479 g/mol. The van der Waals surface area contributed by atoms with Crippen LogP contribution in [-0.4, -0.2) is 55.0 Å². The Morgan fingerprint density at radius 3 is 2.56 bits per heavy atom. The van der Waals surface area contributed by atoms with Gasteiger partial charge in [0.05, 0.1) is 25.4 Å². The van der Waals surface area contributed by atoms with E-state index in [-0.39, 0.29) is 18.2 Å². The maximum Gasteiger partial charge on any atom is 0.253 e. The zero-order valence-corrected chi connectivity index (χ0v) is 19.8. The Hall–Kier alpha value is -3.58. The smallest absolute Gasteiger partial charge is 0.253 e. The number of ether oxygens (including phenoxy) is 1. The standard InChI is InChI=1S/C26H27ClN4O3/c1-34-23-9-6-19(7-10-23)16-25(32)29-22-8-11-24(28-18-22)30-12-3-13-31(15-14-30)26(33)20-4-2-5-21(27)17-20/h2,4-11,17-18H,3,12-16H2,1H3,(H,29,32). The summed E-state index contributed by atoms with van der Waals surface area (Å²) in [6.45, 7) is 2.77.